The second-order valence-electron chi connectivity index (χ2n) is 10.4. The smallest absolute Gasteiger partial charge is 0.161 e. The van der Waals surface area contributed by atoms with Gasteiger partial charge in [0.05, 0.1) is 24.9 Å². The van der Waals surface area contributed by atoms with Crippen LogP contribution in [0.15, 0.2) is 30.5 Å². The number of nitrogens with two attached hydrogens (primary N) is 1. The van der Waals surface area contributed by atoms with E-state index in [1.165, 1.54) is 19.3 Å². The number of phenolic OH excluding ortho intramolecular Hbond substituents is 1. The number of benzene rings is 1. The van der Waals surface area contributed by atoms with Crippen LogP contribution < -0.4 is 10.5 Å². The van der Waals surface area contributed by atoms with Gasteiger partial charge in [-0.1, -0.05) is 31.3 Å². The number of anilines is 1. The molecule has 0 bridgehead atoms. The summed E-state index contributed by atoms with van der Waals surface area (Å²) in [7, 11) is 0. The van der Waals surface area contributed by atoms with Crippen molar-refractivity contribution in [1.82, 2.24) is 4.98 Å². The van der Waals surface area contributed by atoms with E-state index in [1.54, 1.807) is 12.3 Å². The Morgan fingerprint density at radius 2 is 1.97 bits per heavy atom. The minimum Gasteiger partial charge on any atom is -0.504 e. The Bertz CT molecular complexity index is 1050. The highest BCUT2D eigenvalue weighted by atomic mass is 16.5. The molecule has 194 valence electrons. The highest BCUT2D eigenvalue weighted by Crippen LogP contribution is 2.32. The van der Waals surface area contributed by atoms with Gasteiger partial charge in [0.1, 0.15) is 5.82 Å². The van der Waals surface area contributed by atoms with Crippen molar-refractivity contribution < 1.29 is 19.7 Å². The average molecular weight is 493 g/mol. The number of hydrogen-bond acceptors (Lipinski definition) is 6. The van der Waals surface area contributed by atoms with Gasteiger partial charge in [-0.25, -0.2) is 4.98 Å². The number of rotatable bonds is 7. The highest BCUT2D eigenvalue weighted by Gasteiger charge is 2.19. The third-order valence-electron chi connectivity index (χ3n) is 7.27. The van der Waals surface area contributed by atoms with Crippen molar-refractivity contribution >= 4 is 5.82 Å². The maximum absolute atomic E-state index is 10.9. The quantitative estimate of drug-likeness (QED) is 0.440. The van der Waals surface area contributed by atoms with E-state index < -0.39 is 6.10 Å². The second kappa shape index (κ2) is 13.0. The maximum atomic E-state index is 10.9. The molecular formula is C30H40N2O4. The number of nitrogens with zero attached hydrogens (tertiary/aromatic N) is 1. The van der Waals surface area contributed by atoms with Gasteiger partial charge in [-0.2, -0.15) is 0 Å². The largest absolute Gasteiger partial charge is 0.504 e. The van der Waals surface area contributed by atoms with Crippen LogP contribution in [-0.4, -0.2) is 33.5 Å². The lowest BCUT2D eigenvalue weighted by Crippen LogP contribution is -2.22. The van der Waals surface area contributed by atoms with Crippen LogP contribution in [0.1, 0.15) is 87.8 Å². The van der Waals surface area contributed by atoms with Gasteiger partial charge in [-0.15, -0.1) is 0 Å². The van der Waals surface area contributed by atoms with Crippen molar-refractivity contribution in [1.29, 1.82) is 0 Å². The Kier molecular flexibility index (Phi) is 9.49. The van der Waals surface area contributed by atoms with Gasteiger partial charge in [0.25, 0.3) is 0 Å². The Balaban J connectivity index is 1.33. The fraction of sp³-hybridized carbons (Fsp3) is 0.567. The predicted molar refractivity (Wildman–Crippen MR) is 142 cm³/mol. The molecule has 1 saturated carbocycles. The first-order chi connectivity index (χ1) is 17.5. The summed E-state index contributed by atoms with van der Waals surface area (Å²) in [6.07, 6.45) is 11.9. The molecule has 0 amide bonds. The van der Waals surface area contributed by atoms with Crippen LogP contribution in [0, 0.1) is 17.8 Å². The zero-order chi connectivity index (χ0) is 25.3. The summed E-state index contributed by atoms with van der Waals surface area (Å²) in [6, 6.07) is 7.35. The number of aryl methyl sites for hydroxylation is 1. The Morgan fingerprint density at radius 3 is 2.81 bits per heavy atom. The van der Waals surface area contributed by atoms with E-state index >= 15 is 0 Å². The maximum Gasteiger partial charge on any atom is 0.161 e. The zero-order valence-corrected chi connectivity index (χ0v) is 21.4. The molecule has 6 nitrogen and oxygen atoms in total. The molecule has 4 rings (SSSR count). The standard InChI is InChI=1S/C30H40N2O4/c1-21-6-5-9-27(35-20-24-19-32-30(31)17-23(24)13-10-21)18-25(33)14-11-22-12-15-28(34)29(16-22)36-26-7-3-2-4-8-26/h12,15-17,19,21,25-27,33-34H,2-9,11,14,18,20H2,1H3,(H2,31,32). The van der Waals surface area contributed by atoms with E-state index in [0.717, 1.165) is 48.8 Å². The molecule has 4 N–H and O–H groups in total. The van der Waals surface area contributed by atoms with Gasteiger partial charge < -0.3 is 25.4 Å². The topological polar surface area (TPSA) is 97.8 Å². The van der Waals surface area contributed by atoms with E-state index in [2.05, 4.69) is 23.7 Å². The fourth-order valence-corrected chi connectivity index (χ4v) is 5.06. The molecule has 3 unspecified atom stereocenters. The molecule has 0 saturated heterocycles. The summed E-state index contributed by atoms with van der Waals surface area (Å²) >= 11 is 0. The summed E-state index contributed by atoms with van der Waals surface area (Å²) in [5, 5.41) is 21.1. The van der Waals surface area contributed by atoms with Gasteiger partial charge in [0.15, 0.2) is 11.5 Å². The third kappa shape index (κ3) is 7.88. The number of ether oxygens (including phenoxy) is 2. The van der Waals surface area contributed by atoms with Crippen LogP contribution in [0.3, 0.4) is 0 Å². The molecule has 2 aliphatic rings. The van der Waals surface area contributed by atoms with Crippen LogP contribution in [0.4, 0.5) is 5.82 Å². The van der Waals surface area contributed by atoms with Gasteiger partial charge in [-0.05, 0) is 88.0 Å². The molecule has 6 heteroatoms. The van der Waals surface area contributed by atoms with Crippen molar-refractivity contribution in [3.8, 4) is 23.3 Å². The number of aromatic nitrogens is 1. The second-order valence-corrected chi connectivity index (χ2v) is 10.4. The monoisotopic (exact) mass is 492 g/mol. The van der Waals surface area contributed by atoms with E-state index in [4.69, 9.17) is 15.2 Å². The molecule has 0 spiro atoms. The molecule has 1 fully saturated rings. The van der Waals surface area contributed by atoms with Crippen molar-refractivity contribution in [3.63, 3.8) is 0 Å². The molecule has 1 aliphatic heterocycles. The summed E-state index contributed by atoms with van der Waals surface area (Å²) in [5.74, 6) is 8.07. The van der Waals surface area contributed by atoms with E-state index in [-0.39, 0.29) is 23.9 Å². The number of aliphatic hydroxyl groups excluding tert-OH is 1. The molecule has 0 radical (unpaired) electrons. The molecular weight excluding hydrogens is 452 g/mol. The summed E-state index contributed by atoms with van der Waals surface area (Å²) in [6.45, 7) is 2.55. The van der Waals surface area contributed by atoms with Crippen molar-refractivity contribution in [2.45, 2.75) is 102 Å². The van der Waals surface area contributed by atoms with Crippen LogP contribution in [0.2, 0.25) is 0 Å². The minimum absolute atomic E-state index is 0.0410. The van der Waals surface area contributed by atoms with Crippen LogP contribution >= 0.6 is 0 Å². The first-order valence-electron chi connectivity index (χ1n) is 13.5. The Hall–Kier alpha value is -2.75. The van der Waals surface area contributed by atoms with Crippen molar-refractivity contribution in [2.75, 3.05) is 5.73 Å². The lowest BCUT2D eigenvalue weighted by atomic mass is 9.97. The lowest BCUT2D eigenvalue weighted by molar-refractivity contribution is -0.00374. The molecule has 2 heterocycles. The van der Waals surface area contributed by atoms with E-state index in [0.29, 0.717) is 37.4 Å². The first-order valence-corrected chi connectivity index (χ1v) is 13.5. The predicted octanol–water partition coefficient (Wildman–Crippen LogP) is 5.52. The molecule has 2 aromatic rings. The molecule has 36 heavy (non-hydrogen) atoms. The van der Waals surface area contributed by atoms with Gasteiger partial charge >= 0.3 is 0 Å². The fourth-order valence-electron chi connectivity index (χ4n) is 5.06. The summed E-state index contributed by atoms with van der Waals surface area (Å²) < 4.78 is 12.4. The average Bonchev–Trinajstić information content (AvgIpc) is 2.90. The molecule has 1 aromatic heterocycles. The molecule has 1 aromatic carbocycles. The molecule has 1 aliphatic carbocycles. The number of pyridine rings is 1. The van der Waals surface area contributed by atoms with Crippen LogP contribution in [0.5, 0.6) is 11.5 Å². The van der Waals surface area contributed by atoms with Crippen molar-refractivity contribution in [2.24, 2.45) is 5.92 Å². The summed E-state index contributed by atoms with van der Waals surface area (Å²) in [4.78, 5) is 4.21. The number of hydrogen-bond donors (Lipinski definition) is 3. The number of phenols is 1. The lowest BCUT2D eigenvalue weighted by Gasteiger charge is -2.24. The number of nitrogen functional groups attached to an aromatic ring is 1. The number of aromatic hydroxyl groups is 1. The normalized spacial score (nSPS) is 21.9. The molecule has 3 atom stereocenters. The Morgan fingerprint density at radius 1 is 1.14 bits per heavy atom. The van der Waals surface area contributed by atoms with Gasteiger partial charge in [-0.3, -0.25) is 0 Å². The van der Waals surface area contributed by atoms with Gasteiger partial charge in [0, 0.05) is 23.2 Å². The highest BCUT2D eigenvalue weighted by molar-refractivity contribution is 5.47. The Labute approximate surface area is 215 Å². The zero-order valence-electron chi connectivity index (χ0n) is 21.4. The van der Waals surface area contributed by atoms with Crippen molar-refractivity contribution in [3.05, 3.63) is 47.2 Å². The van der Waals surface area contributed by atoms with Crippen LogP contribution in [-0.2, 0) is 17.8 Å². The number of fused-ring (bicyclic) bond motifs is 1. The summed E-state index contributed by atoms with van der Waals surface area (Å²) in [5.41, 5.74) is 8.73. The SMILES string of the molecule is CC1C#Cc2cc(N)ncc2COC(CC(O)CCc2ccc(O)c(OC3CCCCC3)c2)CCC1. The van der Waals surface area contributed by atoms with Gasteiger partial charge in [0.2, 0.25) is 0 Å². The van der Waals surface area contributed by atoms with E-state index in [1.807, 2.05) is 18.2 Å². The third-order valence-corrected chi connectivity index (χ3v) is 7.27. The van der Waals surface area contributed by atoms with E-state index in [9.17, 15) is 10.2 Å². The first kappa shape index (κ1) is 26.3. The number of aliphatic hydroxyl groups is 1. The minimum atomic E-state index is -0.477. The van der Waals surface area contributed by atoms with Crippen LogP contribution in [0.25, 0.3) is 0 Å².